The van der Waals surface area contributed by atoms with Crippen molar-refractivity contribution in [1.82, 2.24) is 5.32 Å². The largest absolute Gasteiger partial charge is 0.385 e. The molecule has 4 heteroatoms. The van der Waals surface area contributed by atoms with Gasteiger partial charge in [0.2, 0.25) is 0 Å². The zero-order valence-electron chi connectivity index (χ0n) is 10.5. The second-order valence-electron chi connectivity index (χ2n) is 4.92. The van der Waals surface area contributed by atoms with Gasteiger partial charge in [-0.05, 0) is 42.8 Å². The summed E-state index contributed by atoms with van der Waals surface area (Å²) in [6.07, 6.45) is 7.67. The van der Waals surface area contributed by atoms with Crippen molar-refractivity contribution < 1.29 is 0 Å². The van der Waals surface area contributed by atoms with E-state index in [1.807, 2.05) is 11.8 Å². The van der Waals surface area contributed by atoms with E-state index in [9.17, 15) is 0 Å². The number of aliphatic imine (C=N–C) groups is 1. The molecule has 4 rings (SSSR count). The van der Waals surface area contributed by atoms with Gasteiger partial charge in [0.25, 0.3) is 0 Å². The van der Waals surface area contributed by atoms with E-state index < -0.39 is 0 Å². The minimum atomic E-state index is 0.342. The van der Waals surface area contributed by atoms with Gasteiger partial charge in [0.05, 0.1) is 16.6 Å². The molecule has 1 unspecified atom stereocenters. The first-order valence-electron chi connectivity index (χ1n) is 6.65. The van der Waals surface area contributed by atoms with E-state index in [0.29, 0.717) is 5.25 Å². The fourth-order valence-electron chi connectivity index (χ4n) is 2.53. The molecule has 0 radical (unpaired) electrons. The third kappa shape index (κ3) is 2.06. The maximum absolute atomic E-state index is 4.76. The monoisotopic (exact) mass is 269 g/mol. The lowest BCUT2D eigenvalue weighted by molar-refractivity contribution is 0.756. The Balaban J connectivity index is 1.82. The number of hydrogen-bond donors (Lipinski definition) is 2. The Bertz CT molecular complexity index is 616. The summed E-state index contributed by atoms with van der Waals surface area (Å²) in [7, 11) is 0. The Labute approximate surface area is 116 Å². The van der Waals surface area contributed by atoms with Crippen LogP contribution in [0.2, 0.25) is 0 Å². The van der Waals surface area contributed by atoms with E-state index >= 15 is 0 Å². The predicted molar refractivity (Wildman–Crippen MR) is 81.5 cm³/mol. The van der Waals surface area contributed by atoms with Crippen LogP contribution in [0.25, 0.3) is 0 Å². The molecule has 1 aromatic carbocycles. The Hall–Kier alpha value is -1.68. The summed E-state index contributed by atoms with van der Waals surface area (Å²) in [6.45, 7) is 1.99. The molecule has 0 aromatic heterocycles. The summed E-state index contributed by atoms with van der Waals surface area (Å²) in [5, 5.41) is 7.30. The molecule has 19 heavy (non-hydrogen) atoms. The zero-order valence-corrected chi connectivity index (χ0v) is 11.3. The van der Waals surface area contributed by atoms with Crippen molar-refractivity contribution >= 4 is 28.8 Å². The lowest BCUT2D eigenvalue weighted by atomic mass is 10.1. The lowest BCUT2D eigenvalue weighted by Crippen LogP contribution is -2.25. The van der Waals surface area contributed by atoms with Gasteiger partial charge in [0.1, 0.15) is 0 Å². The highest BCUT2D eigenvalue weighted by atomic mass is 32.2. The van der Waals surface area contributed by atoms with Crippen molar-refractivity contribution in [2.45, 2.75) is 16.6 Å². The fraction of sp³-hybridized carbons (Fsp3) is 0.267. The number of rotatable bonds is 0. The molecule has 2 heterocycles. The first-order valence-corrected chi connectivity index (χ1v) is 7.53. The van der Waals surface area contributed by atoms with Gasteiger partial charge in [-0.15, -0.1) is 11.8 Å². The maximum Gasteiger partial charge on any atom is 0.0771 e. The molecular weight excluding hydrogens is 254 g/mol. The number of benzene rings is 1. The van der Waals surface area contributed by atoms with Crippen LogP contribution < -0.4 is 10.6 Å². The smallest absolute Gasteiger partial charge is 0.0771 e. The summed E-state index contributed by atoms with van der Waals surface area (Å²) in [5.74, 6) is 0. The number of thioether (sulfide) groups is 1. The van der Waals surface area contributed by atoms with Crippen LogP contribution in [0, 0.1) is 0 Å². The first kappa shape index (κ1) is 11.2. The SMILES string of the molecule is C1=CC2=Nc3ccc4cc3SC2C=C1NCCCN4. The fourth-order valence-corrected chi connectivity index (χ4v) is 3.70. The quantitative estimate of drug-likeness (QED) is 0.760. The van der Waals surface area contributed by atoms with Crippen LogP contribution in [0.3, 0.4) is 0 Å². The van der Waals surface area contributed by atoms with Gasteiger partial charge in [0.15, 0.2) is 0 Å². The van der Waals surface area contributed by atoms with Crippen molar-refractivity contribution in [2.75, 3.05) is 18.4 Å². The van der Waals surface area contributed by atoms with Crippen LogP contribution >= 0.6 is 11.8 Å². The summed E-state index contributed by atoms with van der Waals surface area (Å²) < 4.78 is 0. The molecule has 1 atom stereocenters. The molecule has 3 nitrogen and oxygen atoms in total. The van der Waals surface area contributed by atoms with Crippen LogP contribution in [0.1, 0.15) is 6.42 Å². The number of fused-ring (bicyclic) bond motifs is 1. The minimum Gasteiger partial charge on any atom is -0.385 e. The van der Waals surface area contributed by atoms with Crippen molar-refractivity contribution in [2.24, 2.45) is 4.99 Å². The van der Waals surface area contributed by atoms with Crippen molar-refractivity contribution in [3.63, 3.8) is 0 Å². The zero-order chi connectivity index (χ0) is 12.7. The van der Waals surface area contributed by atoms with E-state index in [0.717, 1.165) is 30.9 Å². The molecule has 2 N–H and O–H groups in total. The molecule has 1 aliphatic carbocycles. The average Bonchev–Trinajstić information content (AvgIpc) is 2.44. The highest BCUT2D eigenvalue weighted by Gasteiger charge is 2.23. The molecule has 3 aliphatic rings. The van der Waals surface area contributed by atoms with Gasteiger partial charge in [-0.1, -0.05) is 0 Å². The van der Waals surface area contributed by atoms with Crippen molar-refractivity contribution in [3.8, 4) is 0 Å². The number of nitrogens with one attached hydrogen (secondary N) is 2. The van der Waals surface area contributed by atoms with E-state index in [4.69, 9.17) is 4.99 Å². The second kappa shape index (κ2) is 4.46. The normalized spacial score (nSPS) is 23.7. The Kier molecular flexibility index (Phi) is 2.62. The molecule has 0 saturated heterocycles. The standard InChI is InChI=1S/C15H15N3S/c1-6-16-10-2-4-12-14(8-10)19-15-9-11(17-7-1)3-5-13(15)18-12/h2-5,8-9,14,16-17H,1,6-7H2. The molecule has 0 fully saturated rings. The van der Waals surface area contributed by atoms with Gasteiger partial charge in [-0.3, -0.25) is 4.99 Å². The first-order chi connectivity index (χ1) is 9.38. The summed E-state index contributed by atoms with van der Waals surface area (Å²) >= 11 is 1.89. The molecular formula is C15H15N3S. The van der Waals surface area contributed by atoms with Crippen LogP contribution in [-0.4, -0.2) is 24.1 Å². The molecule has 96 valence electrons. The van der Waals surface area contributed by atoms with Gasteiger partial charge in [0, 0.05) is 29.4 Å². The number of anilines is 1. The average molecular weight is 269 g/mol. The van der Waals surface area contributed by atoms with Crippen LogP contribution in [0.4, 0.5) is 11.4 Å². The number of nitrogens with zero attached hydrogens (tertiary/aromatic N) is 1. The number of allylic oxidation sites excluding steroid dienone is 2. The summed E-state index contributed by atoms with van der Waals surface area (Å²) in [5.41, 5.74) is 4.66. The van der Waals surface area contributed by atoms with Crippen LogP contribution in [0.5, 0.6) is 0 Å². The third-order valence-electron chi connectivity index (χ3n) is 3.53. The Morgan fingerprint density at radius 1 is 1.16 bits per heavy atom. The lowest BCUT2D eigenvalue weighted by Gasteiger charge is -2.25. The van der Waals surface area contributed by atoms with Gasteiger partial charge >= 0.3 is 0 Å². The molecule has 1 aromatic rings. The van der Waals surface area contributed by atoms with E-state index in [1.54, 1.807) is 0 Å². The molecule has 0 amide bonds. The van der Waals surface area contributed by atoms with Crippen LogP contribution in [-0.2, 0) is 0 Å². The van der Waals surface area contributed by atoms with Crippen molar-refractivity contribution in [1.29, 1.82) is 0 Å². The summed E-state index contributed by atoms with van der Waals surface area (Å²) in [6, 6.07) is 6.46. The van der Waals surface area contributed by atoms with E-state index in [2.05, 4.69) is 47.1 Å². The Morgan fingerprint density at radius 2 is 2.11 bits per heavy atom. The highest BCUT2D eigenvalue weighted by molar-refractivity contribution is 8.01. The van der Waals surface area contributed by atoms with E-state index in [1.165, 1.54) is 16.3 Å². The predicted octanol–water partition coefficient (Wildman–Crippen LogP) is 3.09. The number of hydrogen-bond acceptors (Lipinski definition) is 4. The maximum atomic E-state index is 4.76. The molecule has 2 aliphatic heterocycles. The molecule has 0 saturated carbocycles. The Morgan fingerprint density at radius 3 is 3.11 bits per heavy atom. The van der Waals surface area contributed by atoms with E-state index in [-0.39, 0.29) is 0 Å². The highest BCUT2D eigenvalue weighted by Crippen LogP contribution is 2.41. The summed E-state index contributed by atoms with van der Waals surface area (Å²) in [4.78, 5) is 6.03. The molecule has 0 spiro atoms. The third-order valence-corrected chi connectivity index (χ3v) is 4.74. The van der Waals surface area contributed by atoms with Crippen molar-refractivity contribution in [3.05, 3.63) is 42.1 Å². The minimum absolute atomic E-state index is 0.342. The van der Waals surface area contributed by atoms with Crippen LogP contribution in [0.15, 0.2) is 52.0 Å². The van der Waals surface area contributed by atoms with Gasteiger partial charge < -0.3 is 10.6 Å². The molecule has 4 bridgehead atoms. The van der Waals surface area contributed by atoms with Gasteiger partial charge in [-0.25, -0.2) is 0 Å². The van der Waals surface area contributed by atoms with Gasteiger partial charge in [-0.2, -0.15) is 0 Å². The second-order valence-corrected chi connectivity index (χ2v) is 6.10. The topological polar surface area (TPSA) is 36.4 Å².